The van der Waals surface area contributed by atoms with E-state index in [-0.39, 0.29) is 12.5 Å². The number of likely N-dealkylation sites (tertiary alicyclic amines) is 1. The quantitative estimate of drug-likeness (QED) is 0.368. The van der Waals surface area contributed by atoms with Gasteiger partial charge >= 0.3 is 0 Å². The van der Waals surface area contributed by atoms with Crippen LogP contribution in [0, 0.1) is 0 Å². The summed E-state index contributed by atoms with van der Waals surface area (Å²) in [5, 5.41) is 19.4. The third-order valence-electron chi connectivity index (χ3n) is 8.32. The van der Waals surface area contributed by atoms with Crippen molar-refractivity contribution in [2.75, 3.05) is 25.0 Å². The Morgan fingerprint density at radius 3 is 2.50 bits per heavy atom. The minimum absolute atomic E-state index is 0.0283. The fourth-order valence-electron chi connectivity index (χ4n) is 6.17. The summed E-state index contributed by atoms with van der Waals surface area (Å²) in [6.45, 7) is 4.20. The van der Waals surface area contributed by atoms with E-state index in [4.69, 9.17) is 5.10 Å². The SMILES string of the molecule is O=C(Cn1cc(-c2cnc(NC3Cc4ccccc4C3)nc2)c(CN2CCCCC2)n1)N1CCc2n[nH]nc2C1. The molecule has 2 N–H and O–H groups in total. The molecule has 0 unspecified atom stereocenters. The molecule has 11 nitrogen and oxygen atoms in total. The van der Waals surface area contributed by atoms with Gasteiger partial charge in [0.2, 0.25) is 11.9 Å². The molecule has 5 heterocycles. The number of benzene rings is 1. The van der Waals surface area contributed by atoms with Gasteiger partial charge in [-0.25, -0.2) is 9.97 Å². The summed E-state index contributed by atoms with van der Waals surface area (Å²) in [6.07, 6.45) is 12.1. The molecule has 0 atom stereocenters. The number of amides is 1. The van der Waals surface area contributed by atoms with Crippen LogP contribution in [0.3, 0.4) is 0 Å². The number of carbonyl (C=O) groups is 1. The highest BCUT2D eigenvalue weighted by Crippen LogP contribution is 2.27. The maximum absolute atomic E-state index is 13.2. The van der Waals surface area contributed by atoms with E-state index < -0.39 is 0 Å². The predicted octanol–water partition coefficient (Wildman–Crippen LogP) is 2.61. The summed E-state index contributed by atoms with van der Waals surface area (Å²) in [6, 6.07) is 8.89. The number of nitrogens with one attached hydrogen (secondary N) is 2. The largest absolute Gasteiger partial charge is 0.351 e. The molecule has 0 bridgehead atoms. The molecule has 0 saturated carbocycles. The number of carbonyl (C=O) groups excluding carboxylic acids is 1. The van der Waals surface area contributed by atoms with E-state index in [2.05, 4.69) is 59.9 Å². The van der Waals surface area contributed by atoms with Crippen molar-refractivity contribution in [1.29, 1.82) is 0 Å². The van der Waals surface area contributed by atoms with Crippen molar-refractivity contribution in [2.45, 2.75) is 64.2 Å². The lowest BCUT2D eigenvalue weighted by molar-refractivity contribution is -0.133. The van der Waals surface area contributed by atoms with Crippen molar-refractivity contribution in [2.24, 2.45) is 0 Å². The minimum Gasteiger partial charge on any atom is -0.351 e. The number of hydrogen-bond donors (Lipinski definition) is 2. The first-order chi connectivity index (χ1) is 19.7. The molecule has 40 heavy (non-hydrogen) atoms. The molecule has 206 valence electrons. The molecular formula is C29H34N10O. The normalized spacial score (nSPS) is 17.6. The minimum atomic E-state index is 0.0283. The first kappa shape index (κ1) is 24.9. The van der Waals surface area contributed by atoms with E-state index in [1.54, 1.807) is 4.68 Å². The maximum atomic E-state index is 13.2. The van der Waals surface area contributed by atoms with Crippen molar-refractivity contribution in [3.05, 3.63) is 71.1 Å². The summed E-state index contributed by atoms with van der Waals surface area (Å²) < 4.78 is 1.77. The first-order valence-corrected chi connectivity index (χ1v) is 14.3. The Bertz CT molecular complexity index is 1460. The molecule has 7 rings (SSSR count). The van der Waals surface area contributed by atoms with Crippen molar-refractivity contribution >= 4 is 11.9 Å². The average Bonchev–Trinajstić information content (AvgIpc) is 3.72. The number of hydrogen-bond acceptors (Lipinski definition) is 8. The van der Waals surface area contributed by atoms with Gasteiger partial charge in [0.1, 0.15) is 12.2 Å². The van der Waals surface area contributed by atoms with E-state index in [1.165, 1.54) is 30.4 Å². The molecule has 3 aliphatic rings. The summed E-state index contributed by atoms with van der Waals surface area (Å²) in [5.74, 6) is 0.666. The lowest BCUT2D eigenvalue weighted by Gasteiger charge is -2.26. The fraction of sp³-hybridized carbons (Fsp3) is 0.448. The van der Waals surface area contributed by atoms with Gasteiger partial charge in [0.25, 0.3) is 0 Å². The van der Waals surface area contributed by atoms with Crippen molar-refractivity contribution in [1.82, 2.24) is 45.0 Å². The van der Waals surface area contributed by atoms with E-state index in [0.29, 0.717) is 31.5 Å². The molecular weight excluding hydrogens is 504 g/mol. The fourth-order valence-corrected chi connectivity index (χ4v) is 6.17. The lowest BCUT2D eigenvalue weighted by Crippen LogP contribution is -2.38. The average molecular weight is 539 g/mol. The van der Waals surface area contributed by atoms with Crippen molar-refractivity contribution in [3.63, 3.8) is 0 Å². The van der Waals surface area contributed by atoms with Gasteiger partial charge in [0, 0.05) is 55.3 Å². The highest BCUT2D eigenvalue weighted by molar-refractivity contribution is 5.76. The summed E-state index contributed by atoms with van der Waals surface area (Å²) in [7, 11) is 0. The van der Waals surface area contributed by atoms with Crippen LogP contribution >= 0.6 is 0 Å². The predicted molar refractivity (Wildman–Crippen MR) is 149 cm³/mol. The van der Waals surface area contributed by atoms with Gasteiger partial charge in [-0.2, -0.15) is 20.5 Å². The molecule has 3 aromatic heterocycles. The molecule has 0 radical (unpaired) electrons. The lowest BCUT2D eigenvalue weighted by atomic mass is 10.1. The topological polar surface area (TPSA) is 121 Å². The van der Waals surface area contributed by atoms with Gasteiger partial charge in [-0.05, 0) is 49.9 Å². The molecule has 1 saturated heterocycles. The Hall–Kier alpha value is -4.12. The molecule has 0 spiro atoms. The molecule has 4 aromatic rings. The van der Waals surface area contributed by atoms with Crippen LogP contribution < -0.4 is 5.32 Å². The Morgan fingerprint density at radius 2 is 1.73 bits per heavy atom. The van der Waals surface area contributed by atoms with E-state index in [1.807, 2.05) is 23.5 Å². The molecule has 1 aliphatic carbocycles. The van der Waals surface area contributed by atoms with Crippen LogP contribution in [0.25, 0.3) is 11.1 Å². The molecule has 1 aromatic carbocycles. The number of aromatic amines is 1. The van der Waals surface area contributed by atoms with Crippen molar-refractivity contribution < 1.29 is 4.79 Å². The molecule has 11 heteroatoms. The second-order valence-corrected chi connectivity index (χ2v) is 11.1. The van der Waals surface area contributed by atoms with E-state index in [9.17, 15) is 4.79 Å². The zero-order chi connectivity index (χ0) is 26.9. The highest BCUT2D eigenvalue weighted by Gasteiger charge is 2.25. The van der Waals surface area contributed by atoms with Gasteiger partial charge in [-0.3, -0.25) is 14.4 Å². The second kappa shape index (κ2) is 10.8. The number of rotatable bonds is 7. The number of H-pyrrole nitrogens is 1. The Balaban J connectivity index is 1.08. The smallest absolute Gasteiger partial charge is 0.244 e. The summed E-state index contributed by atoms with van der Waals surface area (Å²) in [4.78, 5) is 26.8. The van der Waals surface area contributed by atoms with Crippen molar-refractivity contribution in [3.8, 4) is 11.1 Å². The Labute approximate surface area is 233 Å². The van der Waals surface area contributed by atoms with E-state index >= 15 is 0 Å². The maximum Gasteiger partial charge on any atom is 0.244 e. The van der Waals surface area contributed by atoms with Gasteiger partial charge in [-0.15, -0.1) is 0 Å². The monoisotopic (exact) mass is 538 g/mol. The summed E-state index contributed by atoms with van der Waals surface area (Å²) in [5.41, 5.74) is 7.44. The first-order valence-electron chi connectivity index (χ1n) is 14.3. The Kier molecular flexibility index (Phi) is 6.72. The molecule has 2 aliphatic heterocycles. The third-order valence-corrected chi connectivity index (χ3v) is 8.32. The highest BCUT2D eigenvalue weighted by atomic mass is 16.2. The van der Waals surface area contributed by atoms with Gasteiger partial charge < -0.3 is 10.2 Å². The van der Waals surface area contributed by atoms with Crippen LogP contribution in [0.1, 0.15) is 47.5 Å². The number of piperidine rings is 1. The Morgan fingerprint density at radius 1 is 0.975 bits per heavy atom. The molecule has 1 amide bonds. The number of aromatic nitrogens is 7. The molecule has 1 fully saturated rings. The van der Waals surface area contributed by atoms with Crippen LogP contribution in [0.15, 0.2) is 42.9 Å². The summed E-state index contributed by atoms with van der Waals surface area (Å²) >= 11 is 0. The van der Waals surface area contributed by atoms with Gasteiger partial charge in [0.05, 0.1) is 17.9 Å². The van der Waals surface area contributed by atoms with E-state index in [0.717, 1.165) is 60.7 Å². The van der Waals surface area contributed by atoms with Gasteiger partial charge in [0.15, 0.2) is 0 Å². The van der Waals surface area contributed by atoms with Crippen LogP contribution in [0.2, 0.25) is 0 Å². The second-order valence-electron chi connectivity index (χ2n) is 11.1. The standard InChI is InChI=1S/C29H34N10O/c40-28(38-11-8-25-27(18-38)34-36-33-25)19-39-16-24(26(35-39)17-37-9-4-1-5-10-37)22-14-30-29(31-15-22)32-23-12-20-6-2-3-7-21(20)13-23/h2-3,6-7,14-16,23H,1,4-5,8-13,17-19H2,(H,30,31,32)(H,33,34,36). The van der Waals surface area contributed by atoms with Crippen LogP contribution in [0.4, 0.5) is 5.95 Å². The number of nitrogens with zero attached hydrogens (tertiary/aromatic N) is 8. The zero-order valence-electron chi connectivity index (χ0n) is 22.6. The third kappa shape index (κ3) is 5.21. The number of anilines is 1. The van der Waals surface area contributed by atoms with Crippen LogP contribution in [-0.2, 0) is 43.7 Å². The zero-order valence-corrected chi connectivity index (χ0v) is 22.6. The van der Waals surface area contributed by atoms with Crippen LogP contribution in [-0.4, -0.2) is 76.5 Å². The van der Waals surface area contributed by atoms with Crippen LogP contribution in [0.5, 0.6) is 0 Å². The van der Waals surface area contributed by atoms with Gasteiger partial charge in [-0.1, -0.05) is 30.7 Å². The number of fused-ring (bicyclic) bond motifs is 2.